The normalized spacial score (nSPS) is 11.6. The first-order chi connectivity index (χ1) is 13.4. The van der Waals surface area contributed by atoms with Gasteiger partial charge in [0.15, 0.2) is 0 Å². The Balaban J connectivity index is 2.18. The second kappa shape index (κ2) is 10.4. The summed E-state index contributed by atoms with van der Waals surface area (Å²) in [5, 5.41) is 2.83. The first kappa shape index (κ1) is 21.4. The molecule has 0 saturated heterocycles. The fourth-order valence-electron chi connectivity index (χ4n) is 2.78. The van der Waals surface area contributed by atoms with E-state index in [4.69, 9.17) is 4.74 Å². The summed E-state index contributed by atoms with van der Waals surface area (Å²) in [4.78, 5) is 27.0. The van der Waals surface area contributed by atoms with Crippen LogP contribution in [0.4, 0.5) is 4.39 Å². The molecule has 0 heterocycles. The molecule has 0 fully saturated rings. The van der Waals surface area contributed by atoms with E-state index in [1.165, 1.54) is 17.0 Å². The fourth-order valence-corrected chi connectivity index (χ4v) is 2.78. The van der Waals surface area contributed by atoms with Gasteiger partial charge in [-0.1, -0.05) is 31.2 Å². The summed E-state index contributed by atoms with van der Waals surface area (Å²) in [6.07, 6.45) is 0.979. The smallest absolute Gasteiger partial charge is 0.242 e. The van der Waals surface area contributed by atoms with Crippen molar-refractivity contribution in [2.24, 2.45) is 0 Å². The lowest BCUT2D eigenvalue weighted by Crippen LogP contribution is -2.48. The Morgan fingerprint density at radius 2 is 1.68 bits per heavy atom. The number of halogens is 1. The molecule has 0 aliphatic heterocycles. The van der Waals surface area contributed by atoms with Gasteiger partial charge in [0.05, 0.1) is 13.5 Å². The third kappa shape index (κ3) is 6.08. The predicted molar refractivity (Wildman–Crippen MR) is 106 cm³/mol. The molecule has 28 heavy (non-hydrogen) atoms. The number of amides is 2. The molecule has 0 aromatic heterocycles. The molecule has 0 aliphatic rings. The SMILES string of the molecule is CCCNC(=O)C(C)N(Cc1ccc(F)cc1)C(=O)Cc1ccc(OC)cc1. The van der Waals surface area contributed by atoms with Gasteiger partial charge < -0.3 is 15.0 Å². The van der Waals surface area contributed by atoms with Gasteiger partial charge in [-0.05, 0) is 48.7 Å². The van der Waals surface area contributed by atoms with E-state index in [1.54, 1.807) is 38.3 Å². The molecule has 0 radical (unpaired) electrons. The predicted octanol–water partition coefficient (Wildman–Crippen LogP) is 3.32. The zero-order valence-corrected chi connectivity index (χ0v) is 16.6. The lowest BCUT2D eigenvalue weighted by molar-refractivity contribution is -0.140. The minimum absolute atomic E-state index is 0.163. The van der Waals surface area contributed by atoms with Crippen LogP contribution >= 0.6 is 0 Å². The second-order valence-corrected chi connectivity index (χ2v) is 6.64. The maximum absolute atomic E-state index is 13.2. The van der Waals surface area contributed by atoms with Crippen molar-refractivity contribution in [3.8, 4) is 5.75 Å². The molecule has 2 amide bonds. The van der Waals surface area contributed by atoms with Gasteiger partial charge in [0, 0.05) is 13.1 Å². The maximum atomic E-state index is 13.2. The molecule has 6 heteroatoms. The van der Waals surface area contributed by atoms with Gasteiger partial charge in [0.25, 0.3) is 0 Å². The number of methoxy groups -OCH3 is 1. The molecule has 0 aliphatic carbocycles. The monoisotopic (exact) mass is 386 g/mol. The Morgan fingerprint density at radius 1 is 1.07 bits per heavy atom. The van der Waals surface area contributed by atoms with Crippen molar-refractivity contribution >= 4 is 11.8 Å². The molecule has 1 N–H and O–H groups in total. The number of nitrogens with zero attached hydrogens (tertiary/aromatic N) is 1. The highest BCUT2D eigenvalue weighted by molar-refractivity contribution is 5.88. The third-order valence-electron chi connectivity index (χ3n) is 4.50. The highest BCUT2D eigenvalue weighted by atomic mass is 19.1. The van der Waals surface area contributed by atoms with Crippen molar-refractivity contribution in [3.63, 3.8) is 0 Å². The maximum Gasteiger partial charge on any atom is 0.242 e. The quantitative estimate of drug-likeness (QED) is 0.719. The molecule has 1 atom stereocenters. The average molecular weight is 386 g/mol. The number of rotatable bonds is 9. The zero-order valence-electron chi connectivity index (χ0n) is 16.6. The van der Waals surface area contributed by atoms with Crippen LogP contribution in [0.25, 0.3) is 0 Å². The molecule has 0 bridgehead atoms. The summed E-state index contributed by atoms with van der Waals surface area (Å²) < 4.78 is 18.3. The summed E-state index contributed by atoms with van der Waals surface area (Å²) in [5.41, 5.74) is 1.59. The van der Waals surface area contributed by atoms with E-state index in [9.17, 15) is 14.0 Å². The van der Waals surface area contributed by atoms with Crippen LogP contribution in [0, 0.1) is 5.82 Å². The fraction of sp³-hybridized carbons (Fsp3) is 0.364. The van der Waals surface area contributed by atoms with E-state index in [-0.39, 0.29) is 30.6 Å². The van der Waals surface area contributed by atoms with Crippen molar-refractivity contribution < 1.29 is 18.7 Å². The van der Waals surface area contributed by atoms with Crippen LogP contribution in [0.3, 0.4) is 0 Å². The molecule has 0 saturated carbocycles. The summed E-state index contributed by atoms with van der Waals surface area (Å²) in [6.45, 7) is 4.46. The first-order valence-electron chi connectivity index (χ1n) is 9.39. The topological polar surface area (TPSA) is 58.6 Å². The van der Waals surface area contributed by atoms with E-state index < -0.39 is 6.04 Å². The van der Waals surface area contributed by atoms with Crippen LogP contribution in [0.2, 0.25) is 0 Å². The molecule has 5 nitrogen and oxygen atoms in total. The summed E-state index contributed by atoms with van der Waals surface area (Å²) >= 11 is 0. The minimum atomic E-state index is -0.637. The Morgan fingerprint density at radius 3 is 2.25 bits per heavy atom. The van der Waals surface area contributed by atoms with E-state index in [1.807, 2.05) is 19.1 Å². The molecule has 150 valence electrons. The number of benzene rings is 2. The lowest BCUT2D eigenvalue weighted by atomic mass is 10.1. The largest absolute Gasteiger partial charge is 0.497 e. The zero-order chi connectivity index (χ0) is 20.5. The average Bonchev–Trinajstić information content (AvgIpc) is 2.71. The number of carbonyl (C=O) groups excluding carboxylic acids is 2. The second-order valence-electron chi connectivity index (χ2n) is 6.64. The lowest BCUT2D eigenvalue weighted by Gasteiger charge is -2.29. The van der Waals surface area contributed by atoms with Gasteiger partial charge in [-0.2, -0.15) is 0 Å². The van der Waals surface area contributed by atoms with E-state index in [0.29, 0.717) is 12.3 Å². The Kier molecular flexibility index (Phi) is 7.99. The first-order valence-corrected chi connectivity index (χ1v) is 9.39. The Hall–Kier alpha value is -2.89. The molecule has 2 aromatic carbocycles. The highest BCUT2D eigenvalue weighted by Gasteiger charge is 2.26. The number of ether oxygens (including phenoxy) is 1. The standard InChI is InChI=1S/C22H27FN2O3/c1-4-13-24-22(27)16(2)25(15-18-5-9-19(23)10-6-18)21(26)14-17-7-11-20(28-3)12-8-17/h5-12,16H,4,13-15H2,1-3H3,(H,24,27). The molecule has 1 unspecified atom stereocenters. The van der Waals surface area contributed by atoms with Crippen LogP contribution in [0.15, 0.2) is 48.5 Å². The third-order valence-corrected chi connectivity index (χ3v) is 4.50. The molecular formula is C22H27FN2O3. The summed E-state index contributed by atoms with van der Waals surface area (Å²) in [6, 6.07) is 12.6. The van der Waals surface area contributed by atoms with Crippen LogP contribution in [-0.2, 0) is 22.6 Å². The van der Waals surface area contributed by atoms with Gasteiger partial charge in [-0.15, -0.1) is 0 Å². The van der Waals surface area contributed by atoms with Crippen molar-refractivity contribution in [1.82, 2.24) is 10.2 Å². The number of nitrogens with one attached hydrogen (secondary N) is 1. The number of hydrogen-bond acceptors (Lipinski definition) is 3. The molecule has 2 rings (SSSR count). The van der Waals surface area contributed by atoms with Crippen molar-refractivity contribution in [2.75, 3.05) is 13.7 Å². The van der Waals surface area contributed by atoms with E-state index in [0.717, 1.165) is 17.5 Å². The van der Waals surface area contributed by atoms with Crippen molar-refractivity contribution in [1.29, 1.82) is 0 Å². The van der Waals surface area contributed by atoms with Gasteiger partial charge >= 0.3 is 0 Å². The number of hydrogen-bond donors (Lipinski definition) is 1. The molecular weight excluding hydrogens is 359 g/mol. The van der Waals surface area contributed by atoms with Gasteiger partial charge in [-0.25, -0.2) is 4.39 Å². The highest BCUT2D eigenvalue weighted by Crippen LogP contribution is 2.15. The summed E-state index contributed by atoms with van der Waals surface area (Å²) in [7, 11) is 1.58. The van der Waals surface area contributed by atoms with Gasteiger partial charge in [0.2, 0.25) is 11.8 Å². The Bertz CT molecular complexity index is 775. The minimum Gasteiger partial charge on any atom is -0.497 e. The summed E-state index contributed by atoms with van der Waals surface area (Å²) in [5.74, 6) is 0.000887. The Labute approximate surface area is 165 Å². The van der Waals surface area contributed by atoms with Crippen LogP contribution in [-0.4, -0.2) is 36.4 Å². The van der Waals surface area contributed by atoms with Gasteiger partial charge in [0.1, 0.15) is 17.6 Å². The van der Waals surface area contributed by atoms with E-state index in [2.05, 4.69) is 5.32 Å². The van der Waals surface area contributed by atoms with E-state index >= 15 is 0 Å². The van der Waals surface area contributed by atoms with Crippen LogP contribution < -0.4 is 10.1 Å². The molecule has 2 aromatic rings. The molecule has 0 spiro atoms. The van der Waals surface area contributed by atoms with Gasteiger partial charge in [-0.3, -0.25) is 9.59 Å². The van der Waals surface area contributed by atoms with Crippen LogP contribution in [0.5, 0.6) is 5.75 Å². The number of carbonyl (C=O) groups is 2. The van der Waals surface area contributed by atoms with Crippen molar-refractivity contribution in [2.45, 2.75) is 39.3 Å². The van der Waals surface area contributed by atoms with Crippen LogP contribution in [0.1, 0.15) is 31.4 Å². The van der Waals surface area contributed by atoms with Crippen molar-refractivity contribution in [3.05, 3.63) is 65.5 Å².